The lowest BCUT2D eigenvalue weighted by Gasteiger charge is -2.48. The van der Waals surface area contributed by atoms with Crippen molar-refractivity contribution in [3.63, 3.8) is 0 Å². The van der Waals surface area contributed by atoms with Crippen molar-refractivity contribution < 1.29 is 52.9 Å². The number of rotatable bonds is 15. The monoisotopic (exact) mass is 838 g/mol. The van der Waals surface area contributed by atoms with Crippen molar-refractivity contribution in [2.75, 3.05) is 27.2 Å². The molecular formula is C46H54N4O11. The highest BCUT2D eigenvalue weighted by Crippen LogP contribution is 2.59. The molecule has 61 heavy (non-hydrogen) atoms. The van der Waals surface area contributed by atoms with Gasteiger partial charge < -0.3 is 39.6 Å². The molecule has 0 unspecified atom stereocenters. The van der Waals surface area contributed by atoms with Crippen molar-refractivity contribution >= 4 is 35.7 Å². The van der Waals surface area contributed by atoms with Crippen LogP contribution in [0, 0.1) is 5.41 Å². The summed E-state index contributed by atoms with van der Waals surface area (Å²) in [4.78, 5) is 74.7. The summed E-state index contributed by atoms with van der Waals surface area (Å²) in [6.45, 7) is 4.90. The van der Waals surface area contributed by atoms with E-state index < -0.39 is 83.7 Å². The molecule has 4 aliphatic rings. The van der Waals surface area contributed by atoms with Crippen LogP contribution in [0.15, 0.2) is 91.0 Å². The van der Waals surface area contributed by atoms with Crippen molar-refractivity contribution in [1.82, 2.24) is 20.6 Å². The molecule has 0 radical (unpaired) electrons. The average Bonchev–Trinajstić information content (AvgIpc) is 3.82. The van der Waals surface area contributed by atoms with E-state index in [1.807, 2.05) is 84.9 Å². The van der Waals surface area contributed by atoms with Crippen molar-refractivity contribution in [3.05, 3.63) is 113 Å². The molecule has 1 aliphatic carbocycles. The van der Waals surface area contributed by atoms with Gasteiger partial charge in [-0.1, -0.05) is 84.9 Å². The Balaban J connectivity index is 1.14. The molecule has 3 heterocycles. The number of fused-ring (bicyclic) bond motifs is 4. The first-order valence-corrected chi connectivity index (χ1v) is 20.6. The van der Waals surface area contributed by atoms with Crippen molar-refractivity contribution in [1.29, 1.82) is 0 Å². The molecule has 15 nitrogen and oxygen atoms in total. The Kier molecular flexibility index (Phi) is 12.8. The van der Waals surface area contributed by atoms with E-state index >= 15 is 0 Å². The molecule has 1 saturated carbocycles. The largest absolute Gasteiger partial charge is 0.460 e. The Hall–Kier alpha value is -5.45. The van der Waals surface area contributed by atoms with Gasteiger partial charge in [-0.3, -0.25) is 28.8 Å². The molecule has 324 valence electrons. The van der Waals surface area contributed by atoms with Crippen molar-refractivity contribution in [2.24, 2.45) is 5.41 Å². The smallest absolute Gasteiger partial charge is 0.327 e. The Labute approximate surface area is 355 Å². The standard InChI is InChI=1S/C46H54N4O11/c1-44(2,3)58-37(54)23-21-33(28-51)48-35(52)24-25-47-43(56)45-26-34-38-39(60-46(59-38,31-12-8-6-9-13-31)32-14-10-7-11-15-32)41(45)61-50(40(45)42(55)57-34)27-30-18-16-29(17-19-30)20-22-36(53)49(4)5/h6-20,22,33-34,38-41,51H,21,23-28H2,1-5H3,(H,47,56)(H,48,52)/t33-,34-,38-,39-,40-,41+,45-/m0/s1. The van der Waals surface area contributed by atoms with E-state index in [4.69, 9.17) is 23.8 Å². The number of aliphatic hydroxyl groups excluding tert-OH is 1. The molecule has 3 aromatic carbocycles. The van der Waals surface area contributed by atoms with Crippen LogP contribution in [0.25, 0.3) is 6.08 Å². The van der Waals surface area contributed by atoms with Crippen LogP contribution in [-0.4, -0.2) is 114 Å². The predicted octanol–water partition coefficient (Wildman–Crippen LogP) is 3.38. The number of benzene rings is 3. The molecule has 3 amide bonds. The molecule has 3 aliphatic heterocycles. The fraction of sp³-hybridized carbons (Fsp3) is 0.457. The predicted molar refractivity (Wildman–Crippen MR) is 220 cm³/mol. The van der Waals surface area contributed by atoms with Gasteiger partial charge in [-0.15, -0.1) is 0 Å². The summed E-state index contributed by atoms with van der Waals surface area (Å²) >= 11 is 0. The minimum absolute atomic E-state index is 0.00132. The number of carbonyl (C=O) groups excluding carboxylic acids is 5. The highest BCUT2D eigenvalue weighted by atomic mass is 16.8. The molecular weight excluding hydrogens is 785 g/mol. The van der Waals surface area contributed by atoms with E-state index in [9.17, 15) is 29.1 Å². The summed E-state index contributed by atoms with van der Waals surface area (Å²) in [6, 6.07) is 24.4. The molecule has 3 aromatic rings. The second-order valence-corrected chi connectivity index (χ2v) is 17.1. The van der Waals surface area contributed by atoms with E-state index in [2.05, 4.69) is 10.6 Å². The van der Waals surface area contributed by atoms with Gasteiger partial charge in [-0.25, -0.2) is 0 Å². The molecule has 7 rings (SSSR count). The number of likely N-dealkylation sites (N-methyl/N-ethyl adjacent to an activating group) is 1. The number of amides is 3. The molecule has 3 saturated heterocycles. The molecule has 7 atom stereocenters. The fourth-order valence-electron chi connectivity index (χ4n) is 8.57. The van der Waals surface area contributed by atoms with Gasteiger partial charge in [0.05, 0.1) is 19.2 Å². The third kappa shape index (κ3) is 9.12. The number of esters is 2. The lowest BCUT2D eigenvalue weighted by molar-refractivity contribution is -0.213. The average molecular weight is 839 g/mol. The zero-order chi connectivity index (χ0) is 43.5. The lowest BCUT2D eigenvalue weighted by atomic mass is 9.62. The molecule has 0 aromatic heterocycles. The molecule has 3 N–H and O–H groups in total. The number of hydrogen-bond donors (Lipinski definition) is 3. The molecule has 0 spiro atoms. The molecule has 2 bridgehead atoms. The molecule has 4 fully saturated rings. The van der Waals surface area contributed by atoms with Crippen LogP contribution in [0.1, 0.15) is 68.7 Å². The maximum atomic E-state index is 14.8. The zero-order valence-corrected chi connectivity index (χ0v) is 35.1. The van der Waals surface area contributed by atoms with Crippen LogP contribution >= 0.6 is 0 Å². The number of nitrogens with zero attached hydrogens (tertiary/aromatic N) is 2. The van der Waals surface area contributed by atoms with Crippen LogP contribution in [0.3, 0.4) is 0 Å². The highest BCUT2D eigenvalue weighted by Gasteiger charge is 2.76. The van der Waals surface area contributed by atoms with Gasteiger partial charge in [0.2, 0.25) is 23.5 Å². The molecule has 15 heteroatoms. The van der Waals surface area contributed by atoms with Crippen molar-refractivity contribution in [3.8, 4) is 0 Å². The SMILES string of the molecule is CN(C)C(=O)C=Cc1ccc(CN2O[C@@H]3[C@H]4OC(c5ccccc5)(c5ccccc5)O[C@H]4[C@@H]4C[C@]3(C(=O)NCCC(=O)N[C@H](CO)CCC(=O)OC(C)(C)C)[C@@H]2C(=O)O4)cc1. The number of carbonyl (C=O) groups is 5. The number of hydrogen-bond acceptors (Lipinski definition) is 12. The first-order valence-electron chi connectivity index (χ1n) is 20.6. The van der Waals surface area contributed by atoms with Gasteiger partial charge in [-0.2, -0.15) is 5.06 Å². The Bertz CT molecular complexity index is 2070. The maximum absolute atomic E-state index is 14.8. The van der Waals surface area contributed by atoms with Crippen LogP contribution < -0.4 is 10.6 Å². The third-order valence-corrected chi connectivity index (χ3v) is 11.4. The van der Waals surface area contributed by atoms with Gasteiger partial charge >= 0.3 is 11.9 Å². The summed E-state index contributed by atoms with van der Waals surface area (Å²) in [6.07, 6.45) is -0.302. The van der Waals surface area contributed by atoms with Crippen LogP contribution in [-0.2, 0) is 60.1 Å². The number of ether oxygens (including phenoxy) is 4. The highest BCUT2D eigenvalue weighted by molar-refractivity contribution is 5.94. The van der Waals surface area contributed by atoms with Crippen LogP contribution in [0.4, 0.5) is 0 Å². The zero-order valence-electron chi connectivity index (χ0n) is 35.1. The minimum Gasteiger partial charge on any atom is -0.460 e. The topological polar surface area (TPSA) is 182 Å². The summed E-state index contributed by atoms with van der Waals surface area (Å²) in [5.74, 6) is -3.62. The van der Waals surface area contributed by atoms with Gasteiger partial charge in [0, 0.05) is 57.1 Å². The summed E-state index contributed by atoms with van der Waals surface area (Å²) in [7, 11) is 3.35. The Morgan fingerprint density at radius 1 is 0.934 bits per heavy atom. The fourth-order valence-corrected chi connectivity index (χ4v) is 8.57. The van der Waals surface area contributed by atoms with E-state index in [1.165, 1.54) is 16.0 Å². The van der Waals surface area contributed by atoms with E-state index in [0.717, 1.165) is 11.1 Å². The summed E-state index contributed by atoms with van der Waals surface area (Å²) in [5, 5.41) is 17.1. The normalized spacial score (nSPS) is 25.6. The second kappa shape index (κ2) is 17.9. The van der Waals surface area contributed by atoms with Gasteiger partial charge in [0.15, 0.2) is 6.04 Å². The minimum atomic E-state index is -1.51. The van der Waals surface area contributed by atoms with Crippen LogP contribution in [0.5, 0.6) is 0 Å². The second-order valence-electron chi connectivity index (χ2n) is 17.1. The third-order valence-electron chi connectivity index (χ3n) is 11.4. The maximum Gasteiger partial charge on any atom is 0.327 e. The van der Waals surface area contributed by atoms with E-state index in [1.54, 1.807) is 40.9 Å². The first-order chi connectivity index (χ1) is 29.1. The Morgan fingerprint density at radius 3 is 2.18 bits per heavy atom. The van der Waals surface area contributed by atoms with E-state index in [-0.39, 0.29) is 44.7 Å². The van der Waals surface area contributed by atoms with E-state index in [0.29, 0.717) is 11.1 Å². The number of nitrogens with one attached hydrogen (secondary N) is 2. The quantitative estimate of drug-likeness (QED) is 0.150. The van der Waals surface area contributed by atoms with Gasteiger partial charge in [-0.05, 0) is 44.4 Å². The number of hydroxylamine groups is 2. The lowest BCUT2D eigenvalue weighted by Crippen LogP contribution is -2.69. The summed E-state index contributed by atoms with van der Waals surface area (Å²) in [5.41, 5.74) is 0.805. The Morgan fingerprint density at radius 2 is 1.57 bits per heavy atom. The number of aliphatic hydroxyl groups is 1. The van der Waals surface area contributed by atoms with Crippen LogP contribution in [0.2, 0.25) is 0 Å². The van der Waals surface area contributed by atoms with Gasteiger partial charge in [0.25, 0.3) is 0 Å². The van der Waals surface area contributed by atoms with Gasteiger partial charge in [0.1, 0.15) is 35.4 Å². The van der Waals surface area contributed by atoms with Crippen molar-refractivity contribution in [2.45, 2.75) is 101 Å². The first kappa shape index (κ1) is 43.6. The summed E-state index contributed by atoms with van der Waals surface area (Å²) < 4.78 is 25.4.